The van der Waals surface area contributed by atoms with Crippen molar-refractivity contribution < 1.29 is 9.53 Å². The number of rotatable bonds is 6. The number of aromatic nitrogens is 3. The van der Waals surface area contributed by atoms with Gasteiger partial charge in [-0.15, -0.1) is 0 Å². The van der Waals surface area contributed by atoms with E-state index in [1.165, 1.54) is 11.8 Å². The Morgan fingerprint density at radius 3 is 2.82 bits per heavy atom. The van der Waals surface area contributed by atoms with E-state index in [1.807, 2.05) is 6.07 Å². The highest BCUT2D eigenvalue weighted by atomic mass is 32.2. The number of allylic oxidation sites excluding steroid dienone is 1. The highest BCUT2D eigenvalue weighted by Crippen LogP contribution is 2.39. The number of ether oxygens (including phenoxy) is 1. The molecule has 2 N–H and O–H groups in total. The molecule has 8 heteroatoms. The van der Waals surface area contributed by atoms with Crippen LogP contribution in [0.25, 0.3) is 0 Å². The molecular formula is C20H24N4O3S. The molecule has 2 aromatic rings. The molecule has 0 aromatic carbocycles. The van der Waals surface area contributed by atoms with E-state index in [0.29, 0.717) is 33.7 Å². The molecule has 0 saturated carbocycles. The number of carbonyl (C=O) groups is 1. The Morgan fingerprint density at radius 2 is 2.18 bits per heavy atom. The summed E-state index contributed by atoms with van der Waals surface area (Å²) in [7, 11) is 0. The Morgan fingerprint density at radius 1 is 1.39 bits per heavy atom. The fourth-order valence-corrected chi connectivity index (χ4v) is 3.92. The van der Waals surface area contributed by atoms with Crippen molar-refractivity contribution in [3.05, 3.63) is 57.3 Å². The average Bonchev–Trinajstić information content (AvgIpc) is 2.66. The topological polar surface area (TPSA) is 97.0 Å². The van der Waals surface area contributed by atoms with Crippen molar-refractivity contribution >= 4 is 23.5 Å². The van der Waals surface area contributed by atoms with Gasteiger partial charge in [0.25, 0.3) is 5.56 Å². The number of carbonyl (C=O) groups excluding carboxylic acids is 1. The second-order valence-corrected chi connectivity index (χ2v) is 7.95. The van der Waals surface area contributed by atoms with Gasteiger partial charge in [-0.2, -0.15) is 0 Å². The number of esters is 1. The number of hydrogen-bond acceptors (Lipinski definition) is 7. The van der Waals surface area contributed by atoms with Gasteiger partial charge in [0.15, 0.2) is 5.16 Å². The van der Waals surface area contributed by atoms with Crippen molar-refractivity contribution in [2.45, 2.75) is 38.8 Å². The highest BCUT2D eigenvalue weighted by Gasteiger charge is 2.36. The summed E-state index contributed by atoms with van der Waals surface area (Å²) in [5.74, 6) is 0.736. The number of hydrogen-bond donors (Lipinski definition) is 2. The van der Waals surface area contributed by atoms with Crippen LogP contribution in [-0.4, -0.2) is 33.3 Å². The van der Waals surface area contributed by atoms with E-state index in [4.69, 9.17) is 4.74 Å². The van der Waals surface area contributed by atoms with E-state index < -0.39 is 11.9 Å². The first-order chi connectivity index (χ1) is 13.4. The molecule has 7 nitrogen and oxygen atoms in total. The van der Waals surface area contributed by atoms with Crippen LogP contribution < -0.4 is 10.9 Å². The van der Waals surface area contributed by atoms with Gasteiger partial charge in [0.2, 0.25) is 0 Å². The summed E-state index contributed by atoms with van der Waals surface area (Å²) < 4.78 is 5.25. The molecule has 1 unspecified atom stereocenters. The standard InChI is InChI=1S/C20H24N4O3S/c1-5-27-19(26)14-12(4)22-17-16(15(14)13-7-6-8-21-9-13)18(25)24-20(23-17)28-10-11(2)3/h6-9,11,15H,5,10H2,1-4H3,(H2,22,23,24,25). The maximum Gasteiger partial charge on any atom is 0.336 e. The van der Waals surface area contributed by atoms with Crippen LogP contribution in [0.3, 0.4) is 0 Å². The molecule has 28 heavy (non-hydrogen) atoms. The van der Waals surface area contributed by atoms with Crippen LogP contribution in [0, 0.1) is 5.92 Å². The van der Waals surface area contributed by atoms with Crippen molar-refractivity contribution in [3.63, 3.8) is 0 Å². The number of nitrogens with one attached hydrogen (secondary N) is 2. The molecule has 2 aromatic heterocycles. The lowest BCUT2D eigenvalue weighted by molar-refractivity contribution is -0.138. The average molecular weight is 401 g/mol. The number of anilines is 1. The number of thioether (sulfide) groups is 1. The lowest BCUT2D eigenvalue weighted by Crippen LogP contribution is -2.31. The number of nitrogens with zero attached hydrogens (tertiary/aromatic N) is 2. The molecule has 0 bridgehead atoms. The summed E-state index contributed by atoms with van der Waals surface area (Å²) in [5, 5.41) is 3.69. The molecule has 0 fully saturated rings. The number of H-pyrrole nitrogens is 1. The van der Waals surface area contributed by atoms with E-state index >= 15 is 0 Å². The van der Waals surface area contributed by atoms with Gasteiger partial charge < -0.3 is 15.0 Å². The van der Waals surface area contributed by atoms with Gasteiger partial charge in [0, 0.05) is 23.8 Å². The predicted molar refractivity (Wildman–Crippen MR) is 109 cm³/mol. The first kappa shape index (κ1) is 20.1. The SMILES string of the molecule is CCOC(=O)C1=C(C)Nc2nc(SCC(C)C)[nH]c(=O)c2C1c1cccnc1. The summed E-state index contributed by atoms with van der Waals surface area (Å²) in [6.45, 7) is 8.02. The first-order valence-electron chi connectivity index (χ1n) is 9.24. The third-order valence-electron chi connectivity index (χ3n) is 4.29. The van der Waals surface area contributed by atoms with Crippen LogP contribution >= 0.6 is 11.8 Å². The summed E-state index contributed by atoms with van der Waals surface area (Å²) in [5.41, 5.74) is 1.89. The van der Waals surface area contributed by atoms with Crippen LogP contribution in [0.15, 0.2) is 45.7 Å². The Hall–Kier alpha value is -2.61. The molecule has 148 valence electrons. The highest BCUT2D eigenvalue weighted by molar-refractivity contribution is 7.99. The zero-order valence-electron chi connectivity index (χ0n) is 16.4. The van der Waals surface area contributed by atoms with Gasteiger partial charge >= 0.3 is 5.97 Å². The smallest absolute Gasteiger partial charge is 0.336 e. The maximum atomic E-state index is 13.0. The van der Waals surface area contributed by atoms with E-state index in [1.54, 1.807) is 32.3 Å². The largest absolute Gasteiger partial charge is 0.463 e. The van der Waals surface area contributed by atoms with Crippen LogP contribution in [0.2, 0.25) is 0 Å². The maximum absolute atomic E-state index is 13.0. The number of aromatic amines is 1. The molecule has 1 aliphatic rings. The Bertz CT molecular complexity index is 954. The van der Waals surface area contributed by atoms with Crippen LogP contribution in [-0.2, 0) is 9.53 Å². The predicted octanol–water partition coefficient (Wildman–Crippen LogP) is 3.31. The van der Waals surface area contributed by atoms with Crippen molar-refractivity contribution in [3.8, 4) is 0 Å². The number of fused-ring (bicyclic) bond motifs is 1. The Labute approximate surface area is 168 Å². The van der Waals surface area contributed by atoms with E-state index in [9.17, 15) is 9.59 Å². The van der Waals surface area contributed by atoms with Crippen LogP contribution in [0.1, 0.15) is 44.7 Å². The molecule has 1 atom stereocenters. The molecule has 3 rings (SSSR count). The molecule has 0 spiro atoms. The molecule has 0 saturated heterocycles. The fourth-order valence-electron chi connectivity index (χ4n) is 3.10. The molecular weight excluding hydrogens is 376 g/mol. The van der Waals surface area contributed by atoms with Gasteiger partial charge in [0.05, 0.1) is 23.7 Å². The minimum Gasteiger partial charge on any atom is -0.463 e. The minimum atomic E-state index is -0.593. The summed E-state index contributed by atoms with van der Waals surface area (Å²) in [6.07, 6.45) is 3.31. The van der Waals surface area contributed by atoms with E-state index in [-0.39, 0.29) is 12.2 Å². The fraction of sp³-hybridized carbons (Fsp3) is 0.400. The van der Waals surface area contributed by atoms with Gasteiger partial charge in [0.1, 0.15) is 5.82 Å². The third-order valence-corrected chi connectivity index (χ3v) is 5.59. The van der Waals surface area contributed by atoms with Crippen LogP contribution in [0.4, 0.5) is 5.82 Å². The van der Waals surface area contributed by atoms with Gasteiger partial charge in [-0.25, -0.2) is 9.78 Å². The van der Waals surface area contributed by atoms with E-state index in [2.05, 4.69) is 34.1 Å². The quantitative estimate of drug-likeness (QED) is 0.436. The molecule has 1 aliphatic heterocycles. The van der Waals surface area contributed by atoms with Crippen molar-refractivity contribution in [2.75, 3.05) is 17.7 Å². The zero-order valence-corrected chi connectivity index (χ0v) is 17.2. The van der Waals surface area contributed by atoms with Crippen molar-refractivity contribution in [1.82, 2.24) is 15.0 Å². The normalized spacial score (nSPS) is 16.0. The summed E-state index contributed by atoms with van der Waals surface area (Å²) in [6, 6.07) is 3.63. The Kier molecular flexibility index (Phi) is 6.18. The third kappa shape index (κ3) is 4.11. The number of pyridine rings is 1. The van der Waals surface area contributed by atoms with Gasteiger partial charge in [-0.05, 0) is 31.4 Å². The minimum absolute atomic E-state index is 0.252. The second kappa shape index (κ2) is 8.60. The van der Waals surface area contributed by atoms with Gasteiger partial charge in [-0.1, -0.05) is 31.7 Å². The molecule has 3 heterocycles. The monoisotopic (exact) mass is 400 g/mol. The Balaban J connectivity index is 2.14. The van der Waals surface area contributed by atoms with Gasteiger partial charge in [-0.3, -0.25) is 9.78 Å². The van der Waals surface area contributed by atoms with Crippen molar-refractivity contribution in [2.24, 2.45) is 5.92 Å². The molecule has 0 radical (unpaired) electrons. The van der Waals surface area contributed by atoms with Crippen molar-refractivity contribution in [1.29, 1.82) is 0 Å². The summed E-state index contributed by atoms with van der Waals surface area (Å²) in [4.78, 5) is 37.3. The molecule has 0 amide bonds. The van der Waals surface area contributed by atoms with E-state index in [0.717, 1.165) is 11.3 Å². The first-order valence-corrected chi connectivity index (χ1v) is 10.2. The molecule has 0 aliphatic carbocycles. The lowest BCUT2D eigenvalue weighted by atomic mass is 9.83. The zero-order chi connectivity index (χ0) is 20.3. The summed E-state index contributed by atoms with van der Waals surface area (Å²) >= 11 is 1.50. The lowest BCUT2D eigenvalue weighted by Gasteiger charge is -2.28. The second-order valence-electron chi connectivity index (χ2n) is 6.94. The van der Waals surface area contributed by atoms with Crippen LogP contribution in [0.5, 0.6) is 0 Å².